The molecule has 2 aromatic carbocycles. The lowest BCUT2D eigenvalue weighted by molar-refractivity contribution is -0.118. The second-order valence-corrected chi connectivity index (χ2v) is 10.2. The Morgan fingerprint density at radius 2 is 1.76 bits per heavy atom. The molecule has 0 aliphatic rings. The number of hydrogen-bond donors (Lipinski definition) is 0. The van der Waals surface area contributed by atoms with Crippen molar-refractivity contribution in [2.45, 2.75) is 24.3 Å². The van der Waals surface area contributed by atoms with E-state index in [-0.39, 0.29) is 29.4 Å². The van der Waals surface area contributed by atoms with Crippen LogP contribution in [0.2, 0.25) is 0 Å². The largest absolute Gasteiger partial charge is 0.497 e. The quantitative estimate of drug-likeness (QED) is 0.403. The number of hydrogen-bond acceptors (Lipinski definition) is 7. The summed E-state index contributed by atoms with van der Waals surface area (Å²) in [6.07, 6.45) is 1.91. The minimum absolute atomic E-state index is 0.0182. The zero-order valence-electron chi connectivity index (χ0n) is 18.7. The highest BCUT2D eigenvalue weighted by atomic mass is 32.2. The zero-order valence-corrected chi connectivity index (χ0v) is 20.4. The number of amides is 1. The lowest BCUT2D eigenvalue weighted by Gasteiger charge is -2.08. The first kappa shape index (κ1) is 24.5. The molecule has 1 amide bonds. The van der Waals surface area contributed by atoms with Crippen LogP contribution in [0.1, 0.15) is 12.8 Å². The molecule has 0 saturated carbocycles. The molecule has 0 aliphatic heterocycles. The topological polar surface area (TPSA) is 96.2 Å². The van der Waals surface area contributed by atoms with Crippen LogP contribution in [0.25, 0.3) is 10.2 Å². The molecule has 3 rings (SSSR count). The maximum atomic E-state index is 12.5. The molecule has 0 unspecified atom stereocenters. The van der Waals surface area contributed by atoms with Crippen LogP contribution < -0.4 is 19.0 Å². The lowest BCUT2D eigenvalue weighted by Crippen LogP contribution is -2.16. The van der Waals surface area contributed by atoms with Gasteiger partial charge < -0.3 is 18.8 Å². The van der Waals surface area contributed by atoms with Gasteiger partial charge in [0.1, 0.15) is 5.75 Å². The van der Waals surface area contributed by atoms with Crippen molar-refractivity contribution in [2.75, 3.05) is 27.1 Å². The number of rotatable bonds is 10. The Hall–Kier alpha value is -3.11. The van der Waals surface area contributed by atoms with Crippen molar-refractivity contribution < 1.29 is 27.4 Å². The van der Waals surface area contributed by atoms with Crippen molar-refractivity contribution in [2.24, 2.45) is 4.99 Å². The van der Waals surface area contributed by atoms with Gasteiger partial charge in [0.15, 0.2) is 26.1 Å². The monoisotopic (exact) mass is 490 g/mol. The van der Waals surface area contributed by atoms with Crippen LogP contribution in [0.3, 0.4) is 0 Å². The number of carbonyl (C=O) groups is 1. The first-order valence-electron chi connectivity index (χ1n) is 10.1. The maximum absolute atomic E-state index is 12.5. The summed E-state index contributed by atoms with van der Waals surface area (Å²) in [6, 6.07) is 9.85. The molecule has 0 saturated heterocycles. The number of carbonyl (C=O) groups excluding carboxylic acids is 1. The highest BCUT2D eigenvalue weighted by Crippen LogP contribution is 2.33. The summed E-state index contributed by atoms with van der Waals surface area (Å²) in [4.78, 5) is 17.5. The lowest BCUT2D eigenvalue weighted by atomic mass is 10.3. The van der Waals surface area contributed by atoms with Crippen LogP contribution in [0, 0.1) is 0 Å². The Morgan fingerprint density at radius 3 is 2.36 bits per heavy atom. The minimum atomic E-state index is -3.50. The van der Waals surface area contributed by atoms with Crippen LogP contribution in [0.15, 0.2) is 58.9 Å². The van der Waals surface area contributed by atoms with Crippen molar-refractivity contribution in [3.8, 4) is 17.2 Å². The van der Waals surface area contributed by atoms with Gasteiger partial charge in [0.05, 0.1) is 42.2 Å². The molecule has 1 aromatic heterocycles. The fourth-order valence-corrected chi connectivity index (χ4v) is 5.64. The average Bonchev–Trinajstić information content (AvgIpc) is 3.13. The third-order valence-corrected chi connectivity index (χ3v) is 7.80. The van der Waals surface area contributed by atoms with Crippen LogP contribution >= 0.6 is 11.3 Å². The standard InChI is InChI=1S/C23H26N2O6S2/c1-5-12-25-18-14-19(30-3)20(31-4)15-21(18)32-23(25)24-22(26)7-6-13-33(27,28)17-10-8-16(29-2)9-11-17/h5,8-11,14-15H,1,6-7,12-13H2,2-4H3. The summed E-state index contributed by atoms with van der Waals surface area (Å²) in [5.74, 6) is 1.20. The summed E-state index contributed by atoms with van der Waals surface area (Å²) in [5.41, 5.74) is 0.839. The van der Waals surface area contributed by atoms with E-state index >= 15 is 0 Å². The van der Waals surface area contributed by atoms with Crippen LogP contribution in [-0.4, -0.2) is 46.0 Å². The van der Waals surface area contributed by atoms with Crippen molar-refractivity contribution in [1.82, 2.24) is 4.57 Å². The van der Waals surface area contributed by atoms with E-state index in [2.05, 4.69) is 11.6 Å². The van der Waals surface area contributed by atoms with Crippen LogP contribution in [0.4, 0.5) is 0 Å². The number of nitrogens with zero attached hydrogens (tertiary/aromatic N) is 2. The minimum Gasteiger partial charge on any atom is -0.497 e. The van der Waals surface area contributed by atoms with Crippen molar-refractivity contribution >= 4 is 37.3 Å². The smallest absolute Gasteiger partial charge is 0.248 e. The molecule has 0 spiro atoms. The first-order valence-corrected chi connectivity index (χ1v) is 12.6. The highest BCUT2D eigenvalue weighted by molar-refractivity contribution is 7.91. The Morgan fingerprint density at radius 1 is 1.09 bits per heavy atom. The van der Waals surface area contributed by atoms with Crippen LogP contribution in [0.5, 0.6) is 17.2 Å². The SMILES string of the molecule is C=CCn1c(=NC(=O)CCCS(=O)(=O)c2ccc(OC)cc2)sc2cc(OC)c(OC)cc21. The number of allylic oxidation sites excluding steroid dienone is 1. The maximum Gasteiger partial charge on any atom is 0.248 e. The van der Waals surface area contributed by atoms with E-state index in [0.717, 1.165) is 10.2 Å². The highest BCUT2D eigenvalue weighted by Gasteiger charge is 2.16. The number of methoxy groups -OCH3 is 3. The number of benzene rings is 2. The average molecular weight is 491 g/mol. The summed E-state index contributed by atoms with van der Waals surface area (Å²) < 4.78 is 43.6. The van der Waals surface area contributed by atoms with E-state index in [9.17, 15) is 13.2 Å². The third-order valence-electron chi connectivity index (χ3n) is 4.94. The van der Waals surface area contributed by atoms with Gasteiger partial charge in [-0.2, -0.15) is 4.99 Å². The molecule has 0 aliphatic carbocycles. The van der Waals surface area contributed by atoms with Gasteiger partial charge in [0.2, 0.25) is 5.91 Å². The van der Waals surface area contributed by atoms with Gasteiger partial charge in [0.25, 0.3) is 0 Å². The fraction of sp³-hybridized carbons (Fsp3) is 0.304. The summed E-state index contributed by atoms with van der Waals surface area (Å²) in [5, 5.41) is 0. The third kappa shape index (κ3) is 5.63. The molecule has 0 bridgehead atoms. The van der Waals surface area contributed by atoms with Gasteiger partial charge >= 0.3 is 0 Å². The van der Waals surface area contributed by atoms with E-state index in [1.807, 2.05) is 16.7 Å². The van der Waals surface area contributed by atoms with Crippen molar-refractivity contribution in [3.63, 3.8) is 0 Å². The van der Waals surface area contributed by atoms with Gasteiger partial charge in [-0.25, -0.2) is 8.42 Å². The number of ether oxygens (including phenoxy) is 3. The van der Waals surface area contributed by atoms with E-state index in [4.69, 9.17) is 14.2 Å². The second kappa shape index (κ2) is 10.7. The Balaban J connectivity index is 1.79. The van der Waals surface area contributed by atoms with Gasteiger partial charge in [-0.1, -0.05) is 17.4 Å². The summed E-state index contributed by atoms with van der Waals surface area (Å²) in [7, 11) is 1.13. The molecule has 0 fully saturated rings. The Kier molecular flexibility index (Phi) is 7.93. The molecule has 8 nitrogen and oxygen atoms in total. The number of aromatic nitrogens is 1. The molecular weight excluding hydrogens is 464 g/mol. The molecule has 0 atom stereocenters. The number of sulfone groups is 1. The molecule has 176 valence electrons. The first-order chi connectivity index (χ1) is 15.8. The van der Waals surface area contributed by atoms with Gasteiger partial charge in [-0.05, 0) is 30.7 Å². The van der Waals surface area contributed by atoms with E-state index in [0.29, 0.717) is 28.6 Å². The van der Waals surface area contributed by atoms with Crippen LogP contribution in [-0.2, 0) is 21.2 Å². The normalized spacial score (nSPS) is 12.0. The molecule has 0 N–H and O–H groups in total. The summed E-state index contributed by atoms with van der Waals surface area (Å²) in [6.45, 7) is 4.23. The van der Waals surface area contributed by atoms with E-state index < -0.39 is 9.84 Å². The van der Waals surface area contributed by atoms with E-state index in [1.54, 1.807) is 32.4 Å². The molecule has 1 heterocycles. The zero-order chi connectivity index (χ0) is 24.0. The Bertz CT molecular complexity index is 1320. The van der Waals surface area contributed by atoms with Gasteiger partial charge in [-0.3, -0.25) is 4.79 Å². The molecule has 3 aromatic rings. The van der Waals surface area contributed by atoms with E-state index in [1.165, 1.54) is 30.6 Å². The molecule has 33 heavy (non-hydrogen) atoms. The fourth-order valence-electron chi connectivity index (χ4n) is 3.26. The van der Waals surface area contributed by atoms with Crippen molar-refractivity contribution in [3.05, 3.63) is 53.9 Å². The number of fused-ring (bicyclic) bond motifs is 1. The molecular formula is C23H26N2O6S2. The predicted octanol–water partition coefficient (Wildman–Crippen LogP) is 3.60. The molecule has 10 heteroatoms. The summed E-state index contributed by atoms with van der Waals surface area (Å²) >= 11 is 1.34. The predicted molar refractivity (Wildman–Crippen MR) is 128 cm³/mol. The second-order valence-electron chi connectivity index (χ2n) is 7.06. The Labute approximate surface area is 196 Å². The molecule has 0 radical (unpaired) electrons. The number of thiazole rings is 1. The van der Waals surface area contributed by atoms with Crippen molar-refractivity contribution in [1.29, 1.82) is 0 Å². The van der Waals surface area contributed by atoms with Gasteiger partial charge in [0, 0.05) is 25.1 Å². The van der Waals surface area contributed by atoms with Gasteiger partial charge in [-0.15, -0.1) is 6.58 Å².